The van der Waals surface area contributed by atoms with Gasteiger partial charge in [-0.05, 0) is 55.5 Å². The first-order valence-corrected chi connectivity index (χ1v) is 12.1. The Labute approximate surface area is 213 Å². The highest BCUT2D eigenvalue weighted by Crippen LogP contribution is 2.31. The Balaban J connectivity index is 1.19. The molecule has 10 nitrogen and oxygen atoms in total. The summed E-state index contributed by atoms with van der Waals surface area (Å²) in [5, 5.41) is 9.36. The number of imidazole rings is 1. The van der Waals surface area contributed by atoms with Gasteiger partial charge in [0.15, 0.2) is 17.2 Å². The summed E-state index contributed by atoms with van der Waals surface area (Å²) in [6.45, 7) is 2.35. The predicted octanol–water partition coefficient (Wildman–Crippen LogP) is 3.99. The van der Waals surface area contributed by atoms with E-state index in [0.29, 0.717) is 35.8 Å². The second-order valence-corrected chi connectivity index (χ2v) is 9.11. The number of benzene rings is 2. The Kier molecular flexibility index (Phi) is 6.82. The molecule has 2 atom stereocenters. The molecule has 10 heteroatoms. The van der Waals surface area contributed by atoms with Gasteiger partial charge in [0.1, 0.15) is 30.4 Å². The standard InChI is InChI=1S/C27H27N5O5/c1-16-10-17(6-8-22(33)20-4-2-3-5-21(20)27(34)35)12-19(11-16)36-13-18-7-9-23(37-18)32-15-31-24-25(28)29-14-30-26(24)32/h2-5,10-12,14-15,18,23H,6-9,13H2,1H3,(H,34,35)(H2,28,29,30)/t18-,23+/m0/s1. The highest BCUT2D eigenvalue weighted by molar-refractivity contribution is 6.05. The van der Waals surface area contributed by atoms with E-state index < -0.39 is 5.97 Å². The van der Waals surface area contributed by atoms with Crippen LogP contribution in [0, 0.1) is 6.92 Å². The molecule has 37 heavy (non-hydrogen) atoms. The second-order valence-electron chi connectivity index (χ2n) is 9.11. The van der Waals surface area contributed by atoms with Crippen molar-refractivity contribution in [2.75, 3.05) is 12.3 Å². The molecule has 2 aromatic heterocycles. The van der Waals surface area contributed by atoms with E-state index in [4.69, 9.17) is 15.2 Å². The van der Waals surface area contributed by atoms with E-state index in [1.165, 1.54) is 12.4 Å². The molecular weight excluding hydrogens is 474 g/mol. The average molecular weight is 502 g/mol. The van der Waals surface area contributed by atoms with E-state index in [-0.39, 0.29) is 35.7 Å². The summed E-state index contributed by atoms with van der Waals surface area (Å²) in [6.07, 6.45) is 5.08. The number of ether oxygens (including phenoxy) is 2. The maximum absolute atomic E-state index is 12.7. The molecule has 4 aromatic rings. The Morgan fingerprint density at radius 2 is 1.95 bits per heavy atom. The van der Waals surface area contributed by atoms with E-state index in [1.807, 2.05) is 29.7 Å². The van der Waals surface area contributed by atoms with Gasteiger partial charge in [0, 0.05) is 12.0 Å². The number of fused-ring (bicyclic) bond motifs is 1. The molecule has 1 fully saturated rings. The molecule has 190 valence electrons. The number of Topliss-reactive ketones (excluding diaryl/α,β-unsaturated/α-hetero) is 1. The van der Waals surface area contributed by atoms with Crippen LogP contribution >= 0.6 is 0 Å². The third kappa shape index (κ3) is 5.29. The summed E-state index contributed by atoms with van der Waals surface area (Å²) < 4.78 is 14.1. The van der Waals surface area contributed by atoms with Crippen LogP contribution in [-0.2, 0) is 11.2 Å². The first kappa shape index (κ1) is 24.4. The zero-order valence-corrected chi connectivity index (χ0v) is 20.3. The van der Waals surface area contributed by atoms with Gasteiger partial charge in [-0.3, -0.25) is 9.36 Å². The van der Waals surface area contributed by atoms with Crippen molar-refractivity contribution < 1.29 is 24.2 Å². The van der Waals surface area contributed by atoms with E-state index in [9.17, 15) is 14.7 Å². The second kappa shape index (κ2) is 10.4. The summed E-state index contributed by atoms with van der Waals surface area (Å²) in [5.74, 6) is -0.268. The SMILES string of the molecule is Cc1cc(CCC(=O)c2ccccc2C(=O)O)cc(OC[C@@H]2CC[C@H](n3cnc4c(N)ncnc43)O2)c1. The number of nitrogen functional groups attached to an aromatic ring is 1. The van der Waals surface area contributed by atoms with Crippen LogP contribution in [0.4, 0.5) is 5.82 Å². The van der Waals surface area contributed by atoms with Crippen LogP contribution in [-0.4, -0.2) is 49.1 Å². The van der Waals surface area contributed by atoms with Crippen LogP contribution in [0.5, 0.6) is 5.75 Å². The van der Waals surface area contributed by atoms with Gasteiger partial charge in [-0.25, -0.2) is 19.7 Å². The summed E-state index contributed by atoms with van der Waals surface area (Å²) in [6, 6.07) is 12.2. The van der Waals surface area contributed by atoms with E-state index in [0.717, 1.165) is 24.0 Å². The van der Waals surface area contributed by atoms with Gasteiger partial charge in [-0.15, -0.1) is 0 Å². The number of carboxylic acid groups (broad SMARTS) is 1. The first-order chi connectivity index (χ1) is 17.9. The molecule has 0 aliphatic carbocycles. The third-order valence-corrected chi connectivity index (χ3v) is 6.43. The number of aromatic carboxylic acids is 1. The summed E-state index contributed by atoms with van der Waals surface area (Å²) in [7, 11) is 0. The topological polar surface area (TPSA) is 142 Å². The number of hydrogen-bond acceptors (Lipinski definition) is 8. The van der Waals surface area contributed by atoms with Crippen molar-refractivity contribution in [2.45, 2.75) is 44.9 Å². The highest BCUT2D eigenvalue weighted by Gasteiger charge is 2.29. The number of carbonyl (C=O) groups excluding carboxylic acids is 1. The maximum Gasteiger partial charge on any atom is 0.336 e. The molecule has 1 aliphatic rings. The van der Waals surface area contributed by atoms with Gasteiger partial charge < -0.3 is 20.3 Å². The molecule has 0 saturated carbocycles. The van der Waals surface area contributed by atoms with E-state index in [2.05, 4.69) is 15.0 Å². The quantitative estimate of drug-likeness (QED) is 0.325. The minimum atomic E-state index is -1.11. The minimum Gasteiger partial charge on any atom is -0.491 e. The number of aromatic nitrogens is 4. The smallest absolute Gasteiger partial charge is 0.336 e. The normalized spacial score (nSPS) is 17.2. The molecule has 0 spiro atoms. The molecule has 0 amide bonds. The Morgan fingerprint density at radius 3 is 2.76 bits per heavy atom. The summed E-state index contributed by atoms with van der Waals surface area (Å²) in [5.41, 5.74) is 9.30. The van der Waals surface area contributed by atoms with E-state index in [1.54, 1.807) is 24.5 Å². The number of nitrogens with two attached hydrogens (primary N) is 1. The van der Waals surface area contributed by atoms with Gasteiger partial charge in [-0.1, -0.05) is 24.3 Å². The molecule has 0 radical (unpaired) electrons. The Morgan fingerprint density at radius 1 is 1.14 bits per heavy atom. The zero-order valence-electron chi connectivity index (χ0n) is 20.3. The Bertz CT molecular complexity index is 1470. The van der Waals surface area contributed by atoms with Crippen LogP contribution in [0.1, 0.15) is 57.3 Å². The number of rotatable bonds is 9. The van der Waals surface area contributed by atoms with Gasteiger partial charge in [-0.2, -0.15) is 0 Å². The zero-order chi connectivity index (χ0) is 25.9. The van der Waals surface area contributed by atoms with Crippen molar-refractivity contribution in [3.05, 3.63) is 77.4 Å². The first-order valence-electron chi connectivity index (χ1n) is 12.1. The number of aryl methyl sites for hydroxylation is 2. The summed E-state index contributed by atoms with van der Waals surface area (Å²) >= 11 is 0. The average Bonchev–Trinajstić information content (AvgIpc) is 3.53. The fourth-order valence-electron chi connectivity index (χ4n) is 4.64. The van der Waals surface area contributed by atoms with Crippen molar-refractivity contribution in [1.82, 2.24) is 19.5 Å². The number of carboxylic acids is 1. The molecule has 0 unspecified atom stereocenters. The largest absolute Gasteiger partial charge is 0.491 e. The number of nitrogens with zero attached hydrogens (tertiary/aromatic N) is 4. The molecule has 1 aliphatic heterocycles. The molecule has 0 bridgehead atoms. The van der Waals surface area contributed by atoms with Crippen LogP contribution < -0.4 is 10.5 Å². The number of hydrogen-bond donors (Lipinski definition) is 2. The van der Waals surface area contributed by atoms with Gasteiger partial charge >= 0.3 is 5.97 Å². The monoisotopic (exact) mass is 501 g/mol. The van der Waals surface area contributed by atoms with Crippen molar-refractivity contribution >= 4 is 28.7 Å². The third-order valence-electron chi connectivity index (χ3n) is 6.43. The highest BCUT2D eigenvalue weighted by atomic mass is 16.6. The fraction of sp³-hybridized carbons (Fsp3) is 0.296. The number of ketones is 1. The molecule has 2 aromatic carbocycles. The lowest BCUT2D eigenvalue weighted by Gasteiger charge is -2.16. The molecule has 1 saturated heterocycles. The lowest BCUT2D eigenvalue weighted by molar-refractivity contribution is -0.0159. The van der Waals surface area contributed by atoms with Crippen LogP contribution in [0.3, 0.4) is 0 Å². The van der Waals surface area contributed by atoms with Crippen LogP contribution in [0.15, 0.2) is 55.1 Å². The lowest BCUT2D eigenvalue weighted by atomic mass is 9.98. The van der Waals surface area contributed by atoms with Gasteiger partial charge in [0.05, 0.1) is 18.0 Å². The summed E-state index contributed by atoms with van der Waals surface area (Å²) in [4.78, 5) is 36.7. The van der Waals surface area contributed by atoms with Crippen molar-refractivity contribution in [3.63, 3.8) is 0 Å². The van der Waals surface area contributed by atoms with E-state index >= 15 is 0 Å². The lowest BCUT2D eigenvalue weighted by Crippen LogP contribution is -2.18. The Hall–Kier alpha value is -4.31. The minimum absolute atomic E-state index is 0.0234. The fourth-order valence-corrected chi connectivity index (χ4v) is 4.64. The van der Waals surface area contributed by atoms with Crippen molar-refractivity contribution in [3.8, 4) is 5.75 Å². The van der Waals surface area contributed by atoms with Crippen LogP contribution in [0.25, 0.3) is 11.2 Å². The van der Waals surface area contributed by atoms with Gasteiger partial charge in [0.25, 0.3) is 0 Å². The van der Waals surface area contributed by atoms with Crippen molar-refractivity contribution in [1.29, 1.82) is 0 Å². The molecule has 3 N–H and O–H groups in total. The number of carbonyl (C=O) groups is 2. The molecular formula is C27H27N5O5. The maximum atomic E-state index is 12.7. The molecule has 3 heterocycles. The number of anilines is 1. The molecule has 5 rings (SSSR count). The predicted molar refractivity (Wildman–Crippen MR) is 136 cm³/mol. The van der Waals surface area contributed by atoms with Crippen molar-refractivity contribution in [2.24, 2.45) is 0 Å². The van der Waals surface area contributed by atoms with Crippen LogP contribution in [0.2, 0.25) is 0 Å². The van der Waals surface area contributed by atoms with Gasteiger partial charge in [0.2, 0.25) is 0 Å².